The first-order valence-electron chi connectivity index (χ1n) is 6.28. The van der Waals surface area contributed by atoms with Crippen molar-refractivity contribution in [3.05, 3.63) is 47.8 Å². The van der Waals surface area contributed by atoms with E-state index in [4.69, 9.17) is 18.0 Å². The number of aromatic nitrogens is 2. The standard InChI is InChI=1S/C13H16N4O2S2/c1-10-9-11(13(14)20)3-4-12(10)21(18,19)16-6-8-17-7-2-5-15-17/h2-5,7,9,16H,6,8H2,1H3,(H2,14,20). The quantitative estimate of drug-likeness (QED) is 0.767. The average Bonchev–Trinajstić information content (AvgIpc) is 2.91. The molecule has 6 nitrogen and oxygen atoms in total. The van der Waals surface area contributed by atoms with Gasteiger partial charge in [-0.3, -0.25) is 4.68 Å². The van der Waals surface area contributed by atoms with Gasteiger partial charge in [-0.1, -0.05) is 18.3 Å². The predicted molar refractivity (Wildman–Crippen MR) is 84.5 cm³/mol. The van der Waals surface area contributed by atoms with Crippen LogP contribution in [0.25, 0.3) is 0 Å². The lowest BCUT2D eigenvalue weighted by molar-refractivity contribution is 0.560. The summed E-state index contributed by atoms with van der Waals surface area (Å²) in [4.78, 5) is 0.469. The van der Waals surface area contributed by atoms with Gasteiger partial charge in [0, 0.05) is 24.5 Å². The number of hydrogen-bond acceptors (Lipinski definition) is 4. The van der Waals surface area contributed by atoms with Crippen molar-refractivity contribution in [1.29, 1.82) is 0 Å². The summed E-state index contributed by atoms with van der Waals surface area (Å²) in [5.74, 6) is 0. The molecule has 2 aromatic rings. The number of hydrogen-bond donors (Lipinski definition) is 2. The van der Waals surface area contributed by atoms with Crippen LogP contribution in [0, 0.1) is 6.92 Å². The van der Waals surface area contributed by atoms with Gasteiger partial charge < -0.3 is 5.73 Å². The molecule has 21 heavy (non-hydrogen) atoms. The fraction of sp³-hybridized carbons (Fsp3) is 0.231. The number of nitrogens with two attached hydrogens (primary N) is 1. The SMILES string of the molecule is Cc1cc(C(N)=S)ccc1S(=O)(=O)NCCn1cccn1. The Bertz CT molecular complexity index is 740. The molecule has 1 heterocycles. The minimum absolute atomic E-state index is 0.225. The number of thiocarbonyl (C=S) groups is 1. The summed E-state index contributed by atoms with van der Waals surface area (Å²) in [7, 11) is -3.56. The summed E-state index contributed by atoms with van der Waals surface area (Å²) >= 11 is 4.88. The number of aryl methyl sites for hydroxylation is 1. The minimum Gasteiger partial charge on any atom is -0.389 e. The normalized spacial score (nSPS) is 11.5. The van der Waals surface area contributed by atoms with Crippen LogP contribution >= 0.6 is 12.2 Å². The number of nitrogens with zero attached hydrogens (tertiary/aromatic N) is 2. The second-order valence-electron chi connectivity index (χ2n) is 4.51. The maximum Gasteiger partial charge on any atom is 0.240 e. The highest BCUT2D eigenvalue weighted by molar-refractivity contribution is 7.89. The van der Waals surface area contributed by atoms with Crippen molar-refractivity contribution < 1.29 is 8.42 Å². The molecule has 0 spiro atoms. The van der Waals surface area contributed by atoms with E-state index in [1.165, 1.54) is 6.07 Å². The van der Waals surface area contributed by atoms with Gasteiger partial charge in [0.2, 0.25) is 10.0 Å². The van der Waals surface area contributed by atoms with E-state index in [0.29, 0.717) is 17.7 Å². The molecule has 1 aromatic heterocycles. The van der Waals surface area contributed by atoms with Crippen LogP contribution in [0.15, 0.2) is 41.6 Å². The number of sulfonamides is 1. The van der Waals surface area contributed by atoms with E-state index in [0.717, 1.165) is 0 Å². The molecule has 3 N–H and O–H groups in total. The van der Waals surface area contributed by atoms with Crippen LogP contribution in [-0.4, -0.2) is 29.7 Å². The molecular weight excluding hydrogens is 308 g/mol. The zero-order valence-corrected chi connectivity index (χ0v) is 13.1. The van der Waals surface area contributed by atoms with E-state index in [-0.39, 0.29) is 16.4 Å². The highest BCUT2D eigenvalue weighted by atomic mass is 32.2. The molecule has 0 aliphatic rings. The summed E-state index contributed by atoms with van der Waals surface area (Å²) in [5.41, 5.74) is 6.79. The lowest BCUT2D eigenvalue weighted by Crippen LogP contribution is -2.28. The van der Waals surface area contributed by atoms with Crippen molar-refractivity contribution in [3.8, 4) is 0 Å². The van der Waals surface area contributed by atoms with Crippen LogP contribution in [0.3, 0.4) is 0 Å². The van der Waals surface area contributed by atoms with Gasteiger partial charge in [-0.05, 0) is 30.7 Å². The molecular formula is C13H16N4O2S2. The smallest absolute Gasteiger partial charge is 0.240 e. The monoisotopic (exact) mass is 324 g/mol. The van der Waals surface area contributed by atoms with Crippen LogP contribution in [0.1, 0.15) is 11.1 Å². The van der Waals surface area contributed by atoms with Gasteiger partial charge in [0.1, 0.15) is 4.99 Å². The summed E-state index contributed by atoms with van der Waals surface area (Å²) in [6, 6.07) is 6.58. The Kier molecular flexibility index (Phi) is 4.71. The molecule has 0 atom stereocenters. The zero-order chi connectivity index (χ0) is 15.5. The first-order chi connectivity index (χ1) is 9.90. The number of benzene rings is 1. The molecule has 0 unspecified atom stereocenters. The summed E-state index contributed by atoms with van der Waals surface area (Å²) in [6.45, 7) is 2.45. The largest absolute Gasteiger partial charge is 0.389 e. The highest BCUT2D eigenvalue weighted by Crippen LogP contribution is 2.16. The van der Waals surface area contributed by atoms with E-state index >= 15 is 0 Å². The molecule has 0 radical (unpaired) electrons. The van der Waals surface area contributed by atoms with Crippen LogP contribution in [0.5, 0.6) is 0 Å². The third kappa shape index (κ3) is 3.87. The molecule has 0 bridgehead atoms. The number of rotatable bonds is 6. The molecule has 0 amide bonds. The third-order valence-corrected chi connectivity index (χ3v) is 4.80. The summed E-state index contributed by atoms with van der Waals surface area (Å²) in [6.07, 6.45) is 3.42. The summed E-state index contributed by atoms with van der Waals surface area (Å²) < 4.78 is 28.7. The van der Waals surface area contributed by atoms with E-state index in [2.05, 4.69) is 9.82 Å². The van der Waals surface area contributed by atoms with Gasteiger partial charge in [-0.2, -0.15) is 5.10 Å². The molecule has 0 saturated carbocycles. The molecule has 2 rings (SSSR count). The molecule has 0 aliphatic carbocycles. The Balaban J connectivity index is 2.10. The van der Waals surface area contributed by atoms with E-state index < -0.39 is 10.0 Å². The van der Waals surface area contributed by atoms with Gasteiger partial charge in [-0.25, -0.2) is 13.1 Å². The molecule has 112 valence electrons. The van der Waals surface area contributed by atoms with Crippen molar-refractivity contribution in [2.24, 2.45) is 5.73 Å². The molecule has 0 aliphatic heterocycles. The van der Waals surface area contributed by atoms with Crippen LogP contribution in [-0.2, 0) is 16.6 Å². The van der Waals surface area contributed by atoms with Gasteiger partial charge >= 0.3 is 0 Å². The van der Waals surface area contributed by atoms with Crippen LogP contribution < -0.4 is 10.5 Å². The Hall–Kier alpha value is -1.77. The molecule has 0 fully saturated rings. The topological polar surface area (TPSA) is 90.0 Å². The molecule has 1 aromatic carbocycles. The van der Waals surface area contributed by atoms with Gasteiger partial charge in [-0.15, -0.1) is 0 Å². The molecule has 0 saturated heterocycles. The van der Waals surface area contributed by atoms with Crippen LogP contribution in [0.2, 0.25) is 0 Å². The summed E-state index contributed by atoms with van der Waals surface area (Å²) in [5, 5.41) is 4.01. The number of nitrogens with one attached hydrogen (secondary N) is 1. The lowest BCUT2D eigenvalue weighted by Gasteiger charge is -2.10. The predicted octanol–water partition coefficient (Wildman–Crippen LogP) is 0.804. The first-order valence-corrected chi connectivity index (χ1v) is 8.17. The van der Waals surface area contributed by atoms with Gasteiger partial charge in [0.05, 0.1) is 11.4 Å². The van der Waals surface area contributed by atoms with Gasteiger partial charge in [0.15, 0.2) is 0 Å². The van der Waals surface area contributed by atoms with Crippen molar-refractivity contribution in [2.45, 2.75) is 18.4 Å². The average molecular weight is 324 g/mol. The zero-order valence-electron chi connectivity index (χ0n) is 11.5. The minimum atomic E-state index is -3.56. The van der Waals surface area contributed by atoms with Crippen molar-refractivity contribution in [3.63, 3.8) is 0 Å². The van der Waals surface area contributed by atoms with Crippen molar-refractivity contribution >= 4 is 27.2 Å². The Morgan fingerprint density at radius 2 is 2.24 bits per heavy atom. The second kappa shape index (κ2) is 6.33. The fourth-order valence-electron chi connectivity index (χ4n) is 1.91. The first kappa shape index (κ1) is 15.6. The Morgan fingerprint density at radius 1 is 1.48 bits per heavy atom. The Morgan fingerprint density at radius 3 is 2.81 bits per heavy atom. The van der Waals surface area contributed by atoms with E-state index in [1.807, 2.05) is 0 Å². The highest BCUT2D eigenvalue weighted by Gasteiger charge is 2.16. The second-order valence-corrected chi connectivity index (χ2v) is 6.69. The lowest BCUT2D eigenvalue weighted by atomic mass is 10.1. The fourth-order valence-corrected chi connectivity index (χ4v) is 3.28. The van der Waals surface area contributed by atoms with E-state index in [9.17, 15) is 8.42 Å². The van der Waals surface area contributed by atoms with Crippen LogP contribution in [0.4, 0.5) is 0 Å². The van der Waals surface area contributed by atoms with E-state index in [1.54, 1.807) is 42.2 Å². The van der Waals surface area contributed by atoms with Crippen molar-refractivity contribution in [1.82, 2.24) is 14.5 Å². The van der Waals surface area contributed by atoms with Gasteiger partial charge in [0.25, 0.3) is 0 Å². The maximum atomic E-state index is 12.3. The molecule has 8 heteroatoms. The maximum absolute atomic E-state index is 12.3. The van der Waals surface area contributed by atoms with Crippen molar-refractivity contribution in [2.75, 3.05) is 6.54 Å². The third-order valence-electron chi connectivity index (χ3n) is 2.94. The Labute approximate surface area is 129 Å².